The first kappa shape index (κ1) is 15.6. The maximum absolute atomic E-state index is 13.9. The van der Waals surface area contributed by atoms with E-state index >= 15 is 0 Å². The molecule has 0 amide bonds. The van der Waals surface area contributed by atoms with E-state index in [0.29, 0.717) is 12.2 Å². The second kappa shape index (κ2) is 6.80. The molecule has 0 aliphatic carbocycles. The first-order valence-electron chi connectivity index (χ1n) is 6.59. The third-order valence-corrected chi connectivity index (χ3v) is 3.19. The number of anilines is 2. The molecule has 0 saturated heterocycles. The number of benzene rings is 2. The van der Waals surface area contributed by atoms with Gasteiger partial charge in [-0.1, -0.05) is 12.1 Å². The quantitative estimate of drug-likeness (QED) is 0.656. The zero-order valence-corrected chi connectivity index (χ0v) is 12.4. The SMILES string of the molecule is COC(=O)c1cc(N)c(NCc2ccc(OC)cc2)cc1F. The lowest BCUT2D eigenvalue weighted by Crippen LogP contribution is -2.08. The van der Waals surface area contributed by atoms with Crippen molar-refractivity contribution in [3.8, 4) is 5.75 Å². The largest absolute Gasteiger partial charge is 0.497 e. The molecular formula is C16H17FN2O3. The van der Waals surface area contributed by atoms with Crippen LogP contribution in [-0.2, 0) is 11.3 Å². The van der Waals surface area contributed by atoms with Gasteiger partial charge < -0.3 is 20.5 Å². The van der Waals surface area contributed by atoms with Crippen molar-refractivity contribution >= 4 is 17.3 Å². The van der Waals surface area contributed by atoms with E-state index in [1.165, 1.54) is 19.2 Å². The summed E-state index contributed by atoms with van der Waals surface area (Å²) in [5, 5.41) is 3.03. The molecule has 2 aromatic carbocycles. The maximum atomic E-state index is 13.9. The zero-order valence-electron chi connectivity index (χ0n) is 12.4. The van der Waals surface area contributed by atoms with Crippen LogP contribution in [0.4, 0.5) is 15.8 Å². The fraction of sp³-hybridized carbons (Fsp3) is 0.188. The Balaban J connectivity index is 2.12. The first-order chi connectivity index (χ1) is 10.5. The predicted octanol–water partition coefficient (Wildman–Crippen LogP) is 2.82. The smallest absolute Gasteiger partial charge is 0.340 e. The lowest BCUT2D eigenvalue weighted by molar-refractivity contribution is 0.0595. The molecule has 2 aromatic rings. The second-order valence-electron chi connectivity index (χ2n) is 4.61. The number of carbonyl (C=O) groups excluding carboxylic acids is 1. The van der Waals surface area contributed by atoms with Gasteiger partial charge in [0.2, 0.25) is 0 Å². The van der Waals surface area contributed by atoms with Crippen LogP contribution in [0, 0.1) is 5.82 Å². The molecule has 0 aliphatic heterocycles. The van der Waals surface area contributed by atoms with E-state index < -0.39 is 11.8 Å². The number of nitrogens with two attached hydrogens (primary N) is 1. The molecular weight excluding hydrogens is 287 g/mol. The minimum Gasteiger partial charge on any atom is -0.497 e. The van der Waals surface area contributed by atoms with E-state index in [0.717, 1.165) is 11.3 Å². The number of hydrogen-bond acceptors (Lipinski definition) is 5. The number of ether oxygens (including phenoxy) is 2. The van der Waals surface area contributed by atoms with E-state index in [1.54, 1.807) is 7.11 Å². The Morgan fingerprint density at radius 1 is 1.23 bits per heavy atom. The van der Waals surface area contributed by atoms with Crippen molar-refractivity contribution in [2.75, 3.05) is 25.3 Å². The summed E-state index contributed by atoms with van der Waals surface area (Å²) in [4.78, 5) is 11.4. The minimum absolute atomic E-state index is 0.185. The highest BCUT2D eigenvalue weighted by atomic mass is 19.1. The highest BCUT2D eigenvalue weighted by molar-refractivity contribution is 5.92. The van der Waals surface area contributed by atoms with Gasteiger partial charge in [-0.2, -0.15) is 0 Å². The van der Waals surface area contributed by atoms with E-state index in [2.05, 4.69) is 10.1 Å². The van der Waals surface area contributed by atoms with E-state index in [-0.39, 0.29) is 11.3 Å². The molecule has 0 heterocycles. The number of methoxy groups -OCH3 is 2. The van der Waals surface area contributed by atoms with Crippen LogP contribution in [0.2, 0.25) is 0 Å². The zero-order chi connectivity index (χ0) is 16.1. The van der Waals surface area contributed by atoms with Crippen molar-refractivity contribution in [1.29, 1.82) is 0 Å². The summed E-state index contributed by atoms with van der Waals surface area (Å²) in [7, 11) is 2.79. The van der Waals surface area contributed by atoms with Crippen LogP contribution >= 0.6 is 0 Å². The lowest BCUT2D eigenvalue weighted by atomic mass is 10.1. The van der Waals surface area contributed by atoms with Crippen molar-refractivity contribution in [2.24, 2.45) is 0 Å². The van der Waals surface area contributed by atoms with Gasteiger partial charge in [0.05, 0.1) is 31.2 Å². The number of rotatable bonds is 5. The molecule has 3 N–H and O–H groups in total. The summed E-state index contributed by atoms with van der Waals surface area (Å²) < 4.78 is 23.5. The van der Waals surface area contributed by atoms with Gasteiger partial charge in [-0.25, -0.2) is 9.18 Å². The average molecular weight is 304 g/mol. The molecule has 116 valence electrons. The van der Waals surface area contributed by atoms with E-state index in [9.17, 15) is 9.18 Å². The molecule has 0 aromatic heterocycles. The van der Waals surface area contributed by atoms with Crippen LogP contribution < -0.4 is 15.8 Å². The van der Waals surface area contributed by atoms with Crippen LogP contribution in [0.25, 0.3) is 0 Å². The third kappa shape index (κ3) is 3.46. The molecule has 0 bridgehead atoms. The van der Waals surface area contributed by atoms with Crippen LogP contribution in [0.15, 0.2) is 36.4 Å². The molecule has 6 heteroatoms. The molecule has 0 atom stereocenters. The third-order valence-electron chi connectivity index (χ3n) is 3.19. The molecule has 0 fully saturated rings. The van der Waals surface area contributed by atoms with Gasteiger partial charge in [0, 0.05) is 6.54 Å². The number of nitrogen functional groups attached to an aromatic ring is 1. The maximum Gasteiger partial charge on any atom is 0.340 e. The van der Waals surface area contributed by atoms with Crippen LogP contribution in [0.1, 0.15) is 15.9 Å². The van der Waals surface area contributed by atoms with E-state index in [4.69, 9.17) is 10.5 Å². The molecule has 0 aliphatic rings. The summed E-state index contributed by atoms with van der Waals surface area (Å²) in [5.74, 6) is -0.680. The molecule has 0 radical (unpaired) electrons. The van der Waals surface area contributed by atoms with Gasteiger partial charge in [0.25, 0.3) is 0 Å². The minimum atomic E-state index is -0.758. The summed E-state index contributed by atoms with van der Waals surface area (Å²) in [6.07, 6.45) is 0. The number of hydrogen-bond donors (Lipinski definition) is 2. The number of halogens is 1. The van der Waals surface area contributed by atoms with Crippen molar-refractivity contribution in [3.05, 3.63) is 53.3 Å². The number of carbonyl (C=O) groups is 1. The Kier molecular flexibility index (Phi) is 4.83. The number of esters is 1. The summed E-state index contributed by atoms with van der Waals surface area (Å²) in [5.41, 5.74) is 7.33. The normalized spacial score (nSPS) is 10.1. The molecule has 2 rings (SSSR count). The molecule has 0 unspecified atom stereocenters. The fourth-order valence-electron chi connectivity index (χ4n) is 1.95. The van der Waals surface area contributed by atoms with Crippen molar-refractivity contribution in [2.45, 2.75) is 6.54 Å². The van der Waals surface area contributed by atoms with Crippen LogP contribution in [0.5, 0.6) is 5.75 Å². The highest BCUT2D eigenvalue weighted by Crippen LogP contribution is 2.24. The Morgan fingerprint density at radius 2 is 1.91 bits per heavy atom. The van der Waals surface area contributed by atoms with Crippen molar-refractivity contribution in [1.82, 2.24) is 0 Å². The topological polar surface area (TPSA) is 73.6 Å². The summed E-state index contributed by atoms with van der Waals surface area (Å²) in [6, 6.07) is 9.90. The Labute approximate surface area is 127 Å². The summed E-state index contributed by atoms with van der Waals surface area (Å²) in [6.45, 7) is 0.463. The van der Waals surface area contributed by atoms with Gasteiger partial charge >= 0.3 is 5.97 Å². The van der Waals surface area contributed by atoms with Crippen molar-refractivity contribution < 1.29 is 18.7 Å². The monoisotopic (exact) mass is 304 g/mol. The number of nitrogens with one attached hydrogen (secondary N) is 1. The van der Waals surface area contributed by atoms with Gasteiger partial charge in [0.1, 0.15) is 11.6 Å². The predicted molar refractivity (Wildman–Crippen MR) is 82.5 cm³/mol. The van der Waals surface area contributed by atoms with Gasteiger partial charge in [0.15, 0.2) is 0 Å². The van der Waals surface area contributed by atoms with Gasteiger partial charge in [-0.3, -0.25) is 0 Å². The standard InChI is InChI=1S/C16H17FN2O3/c1-21-11-5-3-10(4-6-11)9-19-15-8-13(17)12(7-14(15)18)16(20)22-2/h3-8,19H,9,18H2,1-2H3. The molecule has 0 saturated carbocycles. The highest BCUT2D eigenvalue weighted by Gasteiger charge is 2.15. The molecule has 0 spiro atoms. The lowest BCUT2D eigenvalue weighted by Gasteiger charge is -2.12. The second-order valence-corrected chi connectivity index (χ2v) is 4.61. The Hall–Kier alpha value is -2.76. The fourth-order valence-corrected chi connectivity index (χ4v) is 1.95. The Bertz CT molecular complexity index is 672. The average Bonchev–Trinajstić information content (AvgIpc) is 2.55. The summed E-state index contributed by atoms with van der Waals surface area (Å²) >= 11 is 0. The van der Waals surface area contributed by atoms with Crippen LogP contribution in [0.3, 0.4) is 0 Å². The van der Waals surface area contributed by atoms with Crippen LogP contribution in [-0.4, -0.2) is 20.2 Å². The first-order valence-corrected chi connectivity index (χ1v) is 6.59. The van der Waals surface area contributed by atoms with Gasteiger partial charge in [-0.05, 0) is 29.8 Å². The van der Waals surface area contributed by atoms with E-state index in [1.807, 2.05) is 24.3 Å². The molecule has 5 nitrogen and oxygen atoms in total. The Morgan fingerprint density at radius 3 is 2.50 bits per heavy atom. The van der Waals surface area contributed by atoms with Gasteiger partial charge in [-0.15, -0.1) is 0 Å². The van der Waals surface area contributed by atoms with Crippen molar-refractivity contribution in [3.63, 3.8) is 0 Å². The molecule has 22 heavy (non-hydrogen) atoms.